The SMILES string of the molecule is CC(NC=O)c1ccc(-c2scnc2C(=O)N(C)N)cc1. The molecule has 110 valence electrons. The van der Waals surface area contributed by atoms with E-state index in [1.807, 2.05) is 31.2 Å². The first-order valence-electron chi connectivity index (χ1n) is 6.31. The number of carbonyl (C=O) groups is 2. The molecule has 0 bridgehead atoms. The lowest BCUT2D eigenvalue weighted by Crippen LogP contribution is -2.33. The lowest BCUT2D eigenvalue weighted by atomic mass is 10.0. The molecule has 3 N–H and O–H groups in total. The number of thiazole rings is 1. The van der Waals surface area contributed by atoms with Gasteiger partial charge in [0.25, 0.3) is 5.91 Å². The van der Waals surface area contributed by atoms with Crippen LogP contribution >= 0.6 is 11.3 Å². The van der Waals surface area contributed by atoms with Crippen molar-refractivity contribution in [1.29, 1.82) is 0 Å². The van der Waals surface area contributed by atoms with Gasteiger partial charge in [0.2, 0.25) is 6.41 Å². The number of hydrogen-bond acceptors (Lipinski definition) is 5. The minimum absolute atomic E-state index is 0.0608. The molecule has 0 aliphatic rings. The van der Waals surface area contributed by atoms with Gasteiger partial charge in [-0.1, -0.05) is 24.3 Å². The van der Waals surface area contributed by atoms with Crippen molar-refractivity contribution in [3.8, 4) is 10.4 Å². The lowest BCUT2D eigenvalue weighted by molar-refractivity contribution is -0.110. The highest BCUT2D eigenvalue weighted by Gasteiger charge is 2.18. The van der Waals surface area contributed by atoms with E-state index < -0.39 is 0 Å². The summed E-state index contributed by atoms with van der Waals surface area (Å²) in [6.45, 7) is 1.90. The van der Waals surface area contributed by atoms with Gasteiger partial charge in [0.1, 0.15) is 5.69 Å². The summed E-state index contributed by atoms with van der Waals surface area (Å²) in [5.41, 5.74) is 3.84. The molecule has 0 aliphatic carbocycles. The number of amides is 2. The normalized spacial score (nSPS) is 11.8. The molecule has 0 aliphatic heterocycles. The number of benzene rings is 1. The zero-order chi connectivity index (χ0) is 15.4. The average Bonchev–Trinajstić information content (AvgIpc) is 2.96. The van der Waals surface area contributed by atoms with Crippen LogP contribution in [0, 0.1) is 0 Å². The molecule has 1 aromatic carbocycles. The summed E-state index contributed by atoms with van der Waals surface area (Å²) in [6, 6.07) is 7.57. The van der Waals surface area contributed by atoms with Crippen molar-refractivity contribution in [2.45, 2.75) is 13.0 Å². The molecule has 1 aromatic heterocycles. The van der Waals surface area contributed by atoms with Gasteiger partial charge in [0.05, 0.1) is 16.4 Å². The summed E-state index contributed by atoms with van der Waals surface area (Å²) in [7, 11) is 1.49. The van der Waals surface area contributed by atoms with Crippen molar-refractivity contribution < 1.29 is 9.59 Å². The van der Waals surface area contributed by atoms with Crippen LogP contribution in [0.2, 0.25) is 0 Å². The maximum atomic E-state index is 12.0. The Labute approximate surface area is 126 Å². The van der Waals surface area contributed by atoms with Gasteiger partial charge >= 0.3 is 0 Å². The van der Waals surface area contributed by atoms with Gasteiger partial charge in [0.15, 0.2) is 0 Å². The highest BCUT2D eigenvalue weighted by Crippen LogP contribution is 2.29. The summed E-state index contributed by atoms with van der Waals surface area (Å²) in [6.07, 6.45) is 0.676. The predicted molar refractivity (Wildman–Crippen MR) is 81.4 cm³/mol. The summed E-state index contributed by atoms with van der Waals surface area (Å²) in [4.78, 5) is 27.3. The third-order valence-electron chi connectivity index (χ3n) is 3.08. The highest BCUT2D eigenvalue weighted by molar-refractivity contribution is 7.13. The topological polar surface area (TPSA) is 88.3 Å². The third kappa shape index (κ3) is 3.26. The van der Waals surface area contributed by atoms with Crippen molar-refractivity contribution in [3.63, 3.8) is 0 Å². The van der Waals surface area contributed by atoms with E-state index in [1.54, 1.807) is 5.51 Å². The molecule has 0 radical (unpaired) electrons. The lowest BCUT2D eigenvalue weighted by Gasteiger charge is -2.12. The average molecular weight is 304 g/mol. The molecule has 1 atom stereocenters. The molecular weight excluding hydrogens is 288 g/mol. The summed E-state index contributed by atoms with van der Waals surface area (Å²) >= 11 is 1.39. The molecule has 2 aromatic rings. The van der Waals surface area contributed by atoms with Gasteiger partial charge in [-0.3, -0.25) is 14.6 Å². The molecule has 6 nitrogen and oxygen atoms in total. The molecule has 0 fully saturated rings. The van der Waals surface area contributed by atoms with Crippen LogP contribution in [0.25, 0.3) is 10.4 Å². The molecule has 21 heavy (non-hydrogen) atoms. The number of hydrogen-bond donors (Lipinski definition) is 2. The Morgan fingerprint density at radius 3 is 2.67 bits per heavy atom. The van der Waals surface area contributed by atoms with Crippen LogP contribution in [0.4, 0.5) is 0 Å². The molecule has 2 amide bonds. The van der Waals surface area contributed by atoms with E-state index in [4.69, 9.17) is 5.84 Å². The number of carbonyl (C=O) groups excluding carboxylic acids is 2. The zero-order valence-electron chi connectivity index (χ0n) is 11.7. The standard InChI is InChI=1S/C14H16N4O2S/c1-9(16-7-19)10-3-5-11(6-4-10)13-12(17-8-21-13)14(20)18(2)15/h3-9H,15H2,1-2H3,(H,16,19). The van der Waals surface area contributed by atoms with Gasteiger partial charge < -0.3 is 5.32 Å². The molecule has 7 heteroatoms. The number of nitrogens with two attached hydrogens (primary N) is 1. The Kier molecular flexibility index (Phi) is 4.66. The maximum absolute atomic E-state index is 12.0. The van der Waals surface area contributed by atoms with Crippen LogP contribution < -0.4 is 11.2 Å². The van der Waals surface area contributed by atoms with Crippen molar-refractivity contribution in [1.82, 2.24) is 15.3 Å². The molecule has 1 unspecified atom stereocenters. The van der Waals surface area contributed by atoms with Crippen LogP contribution in [-0.4, -0.2) is 29.4 Å². The molecular formula is C14H16N4O2S. The molecule has 2 rings (SSSR count). The number of rotatable bonds is 5. The van der Waals surface area contributed by atoms with Gasteiger partial charge in [-0.15, -0.1) is 11.3 Å². The third-order valence-corrected chi connectivity index (χ3v) is 3.96. The maximum Gasteiger partial charge on any atom is 0.287 e. The van der Waals surface area contributed by atoms with Crippen LogP contribution in [0.3, 0.4) is 0 Å². The van der Waals surface area contributed by atoms with E-state index in [0.29, 0.717) is 12.1 Å². The van der Waals surface area contributed by atoms with Crippen LogP contribution in [0.1, 0.15) is 29.0 Å². The number of aromatic nitrogens is 1. The van der Waals surface area contributed by atoms with Crippen molar-refractivity contribution in [3.05, 3.63) is 41.0 Å². The van der Waals surface area contributed by atoms with Gasteiger partial charge in [0, 0.05) is 7.05 Å². The minimum Gasteiger partial charge on any atom is -0.352 e. The monoisotopic (exact) mass is 304 g/mol. The van der Waals surface area contributed by atoms with Crippen LogP contribution in [0.5, 0.6) is 0 Å². The van der Waals surface area contributed by atoms with Gasteiger partial charge in [-0.25, -0.2) is 10.8 Å². The second-order valence-corrected chi connectivity index (χ2v) is 5.43. The molecule has 0 saturated carbocycles. The van der Waals surface area contributed by atoms with Gasteiger partial charge in [-0.05, 0) is 18.1 Å². The second kappa shape index (κ2) is 6.47. The number of nitrogens with zero attached hydrogens (tertiary/aromatic N) is 2. The first kappa shape index (κ1) is 15.1. The summed E-state index contributed by atoms with van der Waals surface area (Å²) in [5, 5.41) is 3.71. The van der Waals surface area contributed by atoms with Gasteiger partial charge in [-0.2, -0.15) is 0 Å². The van der Waals surface area contributed by atoms with Crippen molar-refractivity contribution in [2.24, 2.45) is 5.84 Å². The van der Waals surface area contributed by atoms with Crippen molar-refractivity contribution in [2.75, 3.05) is 7.05 Å². The first-order chi connectivity index (χ1) is 10.0. The van der Waals surface area contributed by atoms with Crippen LogP contribution in [0.15, 0.2) is 29.8 Å². The fourth-order valence-electron chi connectivity index (χ4n) is 1.89. The molecule has 0 spiro atoms. The summed E-state index contributed by atoms with van der Waals surface area (Å²) < 4.78 is 0. The smallest absolute Gasteiger partial charge is 0.287 e. The Balaban J connectivity index is 2.30. The van der Waals surface area contributed by atoms with E-state index in [2.05, 4.69) is 10.3 Å². The van der Waals surface area contributed by atoms with E-state index in [9.17, 15) is 9.59 Å². The van der Waals surface area contributed by atoms with E-state index in [-0.39, 0.29) is 11.9 Å². The Morgan fingerprint density at radius 1 is 1.43 bits per heavy atom. The van der Waals surface area contributed by atoms with Crippen LogP contribution in [-0.2, 0) is 4.79 Å². The number of hydrazine groups is 1. The molecule has 0 saturated heterocycles. The van der Waals surface area contributed by atoms with E-state index in [1.165, 1.54) is 18.4 Å². The second-order valence-electron chi connectivity index (χ2n) is 4.57. The predicted octanol–water partition coefficient (Wildman–Crippen LogP) is 1.56. The van der Waals surface area contributed by atoms with Crippen molar-refractivity contribution >= 4 is 23.7 Å². The Morgan fingerprint density at radius 2 is 2.10 bits per heavy atom. The fourth-order valence-corrected chi connectivity index (χ4v) is 2.68. The minimum atomic E-state index is -0.327. The molecule has 1 heterocycles. The highest BCUT2D eigenvalue weighted by atomic mass is 32.1. The quantitative estimate of drug-likeness (QED) is 0.380. The largest absolute Gasteiger partial charge is 0.352 e. The Hall–Kier alpha value is -2.25. The van der Waals surface area contributed by atoms with E-state index in [0.717, 1.165) is 21.0 Å². The first-order valence-corrected chi connectivity index (χ1v) is 7.18. The Bertz CT molecular complexity index is 637. The zero-order valence-corrected chi connectivity index (χ0v) is 12.6. The van der Waals surface area contributed by atoms with E-state index >= 15 is 0 Å². The fraction of sp³-hybridized carbons (Fsp3) is 0.214. The summed E-state index contributed by atoms with van der Waals surface area (Å²) in [5.74, 6) is 5.15. The number of nitrogens with one attached hydrogen (secondary N) is 1.